The molecule has 0 saturated heterocycles. The van der Waals surface area contributed by atoms with E-state index in [1.165, 1.54) is 11.8 Å². The Labute approximate surface area is 121 Å². The minimum atomic E-state index is 0.553. The minimum Gasteiger partial charge on any atom is -0.366 e. The Bertz CT molecular complexity index is 615. The topological polar surface area (TPSA) is 99.6 Å². The van der Waals surface area contributed by atoms with Gasteiger partial charge in [0.15, 0.2) is 5.16 Å². The maximum Gasteiger partial charge on any atom is 0.191 e. The monoisotopic (exact) mass is 286 g/mol. The largest absolute Gasteiger partial charge is 0.366 e. The second-order valence-electron chi connectivity index (χ2n) is 3.94. The number of nitrogens with one attached hydrogen (secondary N) is 2. The molecule has 0 amide bonds. The van der Waals surface area contributed by atoms with Gasteiger partial charge in [0.05, 0.1) is 11.6 Å². The van der Waals surface area contributed by atoms with E-state index in [4.69, 9.17) is 11.1 Å². The summed E-state index contributed by atoms with van der Waals surface area (Å²) in [4.78, 5) is 8.52. The van der Waals surface area contributed by atoms with Gasteiger partial charge in [0, 0.05) is 12.6 Å². The van der Waals surface area contributed by atoms with Crippen molar-refractivity contribution in [3.8, 4) is 6.07 Å². The summed E-state index contributed by atoms with van der Waals surface area (Å²) in [6.45, 7) is 0.574. The summed E-state index contributed by atoms with van der Waals surface area (Å²) in [7, 11) is 0. The maximum atomic E-state index is 8.87. The summed E-state index contributed by atoms with van der Waals surface area (Å²) in [5.41, 5.74) is 4.16. The Balaban J connectivity index is 2.12. The quantitative estimate of drug-likeness (QED) is 0.334. The van der Waals surface area contributed by atoms with Crippen LogP contribution in [0.1, 0.15) is 11.1 Å². The molecule has 2 rings (SSSR count). The molecule has 0 aliphatic heterocycles. The van der Waals surface area contributed by atoms with E-state index in [1.54, 1.807) is 12.1 Å². The zero-order valence-electron chi connectivity index (χ0n) is 10.9. The van der Waals surface area contributed by atoms with Crippen LogP contribution >= 0.6 is 11.8 Å². The Kier molecular flexibility index (Phi) is 4.76. The molecule has 4 N–H and O–H groups in total. The second-order valence-corrected chi connectivity index (χ2v) is 4.71. The number of aromatic nitrogens is 2. The van der Waals surface area contributed by atoms with E-state index in [1.807, 2.05) is 24.5 Å². The average molecular weight is 286 g/mol. The van der Waals surface area contributed by atoms with Crippen molar-refractivity contribution in [2.45, 2.75) is 11.7 Å². The van der Waals surface area contributed by atoms with Crippen LogP contribution in [0.2, 0.25) is 0 Å². The Morgan fingerprint density at radius 3 is 2.80 bits per heavy atom. The third kappa shape index (κ3) is 3.60. The highest BCUT2D eigenvalue weighted by Gasteiger charge is 2.03. The van der Waals surface area contributed by atoms with Crippen LogP contribution in [-0.2, 0) is 6.54 Å². The molecule has 1 aromatic heterocycles. The molecule has 102 valence electrons. The predicted octanol–water partition coefficient (Wildman–Crippen LogP) is 1.97. The first kappa shape index (κ1) is 14.1. The molecule has 1 aromatic carbocycles. The van der Waals surface area contributed by atoms with Gasteiger partial charge in [-0.2, -0.15) is 5.26 Å². The molecule has 6 nitrogen and oxygen atoms in total. The molecule has 2 aromatic rings. The number of nitrogen functional groups attached to an aromatic ring is 1. The van der Waals surface area contributed by atoms with Gasteiger partial charge in [0.1, 0.15) is 11.6 Å². The van der Waals surface area contributed by atoms with Gasteiger partial charge in [-0.25, -0.2) is 15.8 Å². The minimum absolute atomic E-state index is 0.553. The van der Waals surface area contributed by atoms with Gasteiger partial charge in [-0.3, -0.25) is 0 Å². The molecule has 0 fully saturated rings. The number of anilines is 2. The molecular weight excluding hydrogens is 272 g/mol. The Hall–Kier alpha value is -2.30. The molecule has 0 atom stereocenters. The third-order valence-corrected chi connectivity index (χ3v) is 3.11. The summed E-state index contributed by atoms with van der Waals surface area (Å²) in [5, 5.41) is 12.7. The zero-order valence-corrected chi connectivity index (χ0v) is 11.7. The SMILES string of the molecule is CSc1nc(NN)cc(NCc2cccc(C#N)c2)n1. The normalized spacial score (nSPS) is 9.85. The molecule has 7 heteroatoms. The highest BCUT2D eigenvalue weighted by atomic mass is 32.2. The van der Waals surface area contributed by atoms with Gasteiger partial charge in [0.2, 0.25) is 0 Å². The van der Waals surface area contributed by atoms with Crippen LogP contribution < -0.4 is 16.6 Å². The van der Waals surface area contributed by atoms with Crippen LogP contribution in [0, 0.1) is 11.3 Å². The zero-order chi connectivity index (χ0) is 14.4. The van der Waals surface area contributed by atoms with Crippen LogP contribution in [0.3, 0.4) is 0 Å². The van der Waals surface area contributed by atoms with Crippen molar-refractivity contribution in [1.29, 1.82) is 5.26 Å². The van der Waals surface area contributed by atoms with E-state index in [-0.39, 0.29) is 0 Å². The number of thioether (sulfide) groups is 1. The molecule has 0 saturated carbocycles. The fourth-order valence-corrected chi connectivity index (χ4v) is 2.00. The smallest absolute Gasteiger partial charge is 0.191 e. The summed E-state index contributed by atoms with van der Waals surface area (Å²) < 4.78 is 0. The first-order chi connectivity index (χ1) is 9.75. The standard InChI is InChI=1S/C13H14N6S/c1-20-13-17-11(6-12(18-13)19-15)16-8-10-4-2-3-9(5-10)7-14/h2-6H,8,15H2,1H3,(H2,16,17,18,19). The lowest BCUT2D eigenvalue weighted by Crippen LogP contribution is -2.11. The van der Waals surface area contributed by atoms with E-state index in [2.05, 4.69) is 26.8 Å². The first-order valence-corrected chi connectivity index (χ1v) is 7.10. The van der Waals surface area contributed by atoms with E-state index in [0.29, 0.717) is 28.9 Å². The molecular formula is C13H14N6S. The lowest BCUT2D eigenvalue weighted by Gasteiger charge is -2.09. The van der Waals surface area contributed by atoms with Gasteiger partial charge in [-0.1, -0.05) is 23.9 Å². The first-order valence-electron chi connectivity index (χ1n) is 5.87. The molecule has 0 bridgehead atoms. The lowest BCUT2D eigenvalue weighted by atomic mass is 10.1. The molecule has 0 radical (unpaired) electrons. The van der Waals surface area contributed by atoms with Crippen molar-refractivity contribution >= 4 is 23.4 Å². The van der Waals surface area contributed by atoms with E-state index >= 15 is 0 Å². The second kappa shape index (κ2) is 6.75. The van der Waals surface area contributed by atoms with Gasteiger partial charge >= 0.3 is 0 Å². The van der Waals surface area contributed by atoms with Crippen LogP contribution in [-0.4, -0.2) is 16.2 Å². The number of hydrogen-bond acceptors (Lipinski definition) is 7. The van der Waals surface area contributed by atoms with Gasteiger partial charge < -0.3 is 10.7 Å². The van der Waals surface area contributed by atoms with E-state index < -0.39 is 0 Å². The van der Waals surface area contributed by atoms with Crippen LogP contribution in [0.5, 0.6) is 0 Å². The fourth-order valence-electron chi connectivity index (χ4n) is 1.62. The van der Waals surface area contributed by atoms with Crippen LogP contribution in [0.25, 0.3) is 0 Å². The molecule has 0 aliphatic rings. The summed E-state index contributed by atoms with van der Waals surface area (Å²) in [6, 6.07) is 11.3. The lowest BCUT2D eigenvalue weighted by molar-refractivity contribution is 0.953. The van der Waals surface area contributed by atoms with Crippen molar-refractivity contribution in [2.75, 3.05) is 17.0 Å². The van der Waals surface area contributed by atoms with Crippen LogP contribution in [0.15, 0.2) is 35.5 Å². The van der Waals surface area contributed by atoms with E-state index in [0.717, 1.165) is 5.56 Å². The number of hydrogen-bond donors (Lipinski definition) is 3. The van der Waals surface area contributed by atoms with Gasteiger partial charge in [0.25, 0.3) is 0 Å². The number of rotatable bonds is 5. The van der Waals surface area contributed by atoms with Gasteiger partial charge in [-0.15, -0.1) is 0 Å². The third-order valence-electron chi connectivity index (χ3n) is 2.57. The summed E-state index contributed by atoms with van der Waals surface area (Å²) in [6.07, 6.45) is 1.90. The summed E-state index contributed by atoms with van der Waals surface area (Å²) >= 11 is 1.44. The molecule has 0 spiro atoms. The van der Waals surface area contributed by atoms with Crippen molar-refractivity contribution in [3.05, 3.63) is 41.5 Å². The van der Waals surface area contributed by atoms with Crippen molar-refractivity contribution in [3.63, 3.8) is 0 Å². The number of nitriles is 1. The Morgan fingerprint density at radius 2 is 2.10 bits per heavy atom. The maximum absolute atomic E-state index is 8.87. The summed E-state index contributed by atoms with van der Waals surface area (Å²) in [5.74, 6) is 6.61. The molecule has 20 heavy (non-hydrogen) atoms. The van der Waals surface area contributed by atoms with Crippen molar-refractivity contribution < 1.29 is 0 Å². The fraction of sp³-hybridized carbons (Fsp3) is 0.154. The molecule has 0 unspecified atom stereocenters. The van der Waals surface area contributed by atoms with Gasteiger partial charge in [-0.05, 0) is 24.0 Å². The highest BCUT2D eigenvalue weighted by Crippen LogP contribution is 2.17. The number of hydrazine groups is 1. The molecule has 1 heterocycles. The number of nitrogens with zero attached hydrogens (tertiary/aromatic N) is 3. The molecule has 0 aliphatic carbocycles. The average Bonchev–Trinajstić information content (AvgIpc) is 2.52. The van der Waals surface area contributed by atoms with Crippen molar-refractivity contribution in [2.24, 2.45) is 5.84 Å². The van der Waals surface area contributed by atoms with E-state index in [9.17, 15) is 0 Å². The van der Waals surface area contributed by atoms with Crippen molar-refractivity contribution in [1.82, 2.24) is 9.97 Å². The van der Waals surface area contributed by atoms with Crippen LogP contribution in [0.4, 0.5) is 11.6 Å². The Morgan fingerprint density at radius 1 is 1.30 bits per heavy atom. The number of nitrogens with two attached hydrogens (primary N) is 1. The number of benzene rings is 1. The predicted molar refractivity (Wildman–Crippen MR) is 80.1 cm³/mol. The highest BCUT2D eigenvalue weighted by molar-refractivity contribution is 7.98.